The molecule has 2 aliphatic heterocycles. The zero-order chi connectivity index (χ0) is 21.2. The van der Waals surface area contributed by atoms with E-state index in [1.807, 2.05) is 30.5 Å². The van der Waals surface area contributed by atoms with Crippen molar-refractivity contribution in [3.8, 4) is 5.75 Å². The fourth-order valence-electron chi connectivity index (χ4n) is 4.21. The number of aldehydes is 1. The van der Waals surface area contributed by atoms with Crippen LogP contribution in [0.3, 0.4) is 0 Å². The molecule has 0 atom stereocenters. The average Bonchev–Trinajstić information content (AvgIpc) is 2.80. The highest BCUT2D eigenvalue weighted by Crippen LogP contribution is 2.38. The van der Waals surface area contributed by atoms with E-state index in [9.17, 15) is 4.79 Å². The van der Waals surface area contributed by atoms with Crippen molar-refractivity contribution in [3.05, 3.63) is 65.0 Å². The summed E-state index contributed by atoms with van der Waals surface area (Å²) < 4.78 is 5.77. The maximum Gasteiger partial charge on any atom is 0.227 e. The Morgan fingerprint density at radius 2 is 2.10 bits per heavy atom. The average molecular weight is 415 g/mol. The lowest BCUT2D eigenvalue weighted by molar-refractivity contribution is -0.107. The van der Waals surface area contributed by atoms with E-state index in [0.29, 0.717) is 19.0 Å². The van der Waals surface area contributed by atoms with Gasteiger partial charge in [-0.2, -0.15) is 0 Å². The Morgan fingerprint density at radius 1 is 1.23 bits per heavy atom. The van der Waals surface area contributed by atoms with Gasteiger partial charge in [-0.1, -0.05) is 12.1 Å². The predicted molar refractivity (Wildman–Crippen MR) is 121 cm³/mol. The van der Waals surface area contributed by atoms with Gasteiger partial charge in [-0.15, -0.1) is 0 Å². The molecule has 0 radical (unpaired) electrons. The third kappa shape index (κ3) is 3.91. The fourth-order valence-corrected chi connectivity index (χ4v) is 4.21. The Kier molecular flexibility index (Phi) is 5.16. The van der Waals surface area contributed by atoms with Gasteiger partial charge in [-0.25, -0.2) is 9.97 Å². The highest BCUT2D eigenvalue weighted by atomic mass is 16.5. The van der Waals surface area contributed by atoms with Crippen molar-refractivity contribution in [1.82, 2.24) is 9.97 Å². The molecule has 2 aromatic carbocycles. The van der Waals surface area contributed by atoms with Crippen molar-refractivity contribution >= 4 is 29.3 Å². The van der Waals surface area contributed by atoms with Crippen LogP contribution in [-0.2, 0) is 24.2 Å². The van der Waals surface area contributed by atoms with Crippen molar-refractivity contribution in [3.63, 3.8) is 0 Å². The van der Waals surface area contributed by atoms with Gasteiger partial charge < -0.3 is 25.1 Å². The molecule has 0 saturated heterocycles. The predicted octanol–water partition coefficient (Wildman–Crippen LogP) is 3.64. The van der Waals surface area contributed by atoms with Gasteiger partial charge in [-0.3, -0.25) is 0 Å². The standard InChI is InChI=1S/C24H25N5O2/c1-16-21(6-7-22-23(16)25-10-13-31-22)29-11-8-18-14-26-24(28-20(18)15-29)27-19-4-2-17(3-5-19)9-12-30/h2-7,12,14,25H,8-11,13,15H2,1H3,(H,26,27,28). The lowest BCUT2D eigenvalue weighted by atomic mass is 10.0. The van der Waals surface area contributed by atoms with Crippen molar-refractivity contribution in [2.24, 2.45) is 0 Å². The van der Waals surface area contributed by atoms with E-state index in [2.05, 4.69) is 39.6 Å². The number of anilines is 4. The third-order valence-electron chi connectivity index (χ3n) is 5.88. The summed E-state index contributed by atoms with van der Waals surface area (Å²) in [5.41, 5.74) is 7.65. The molecule has 0 fully saturated rings. The molecular weight excluding hydrogens is 390 g/mol. The number of rotatable bonds is 5. The molecule has 0 saturated carbocycles. The molecule has 2 aliphatic rings. The highest BCUT2D eigenvalue weighted by Gasteiger charge is 2.23. The second kappa shape index (κ2) is 8.26. The topological polar surface area (TPSA) is 79.4 Å². The summed E-state index contributed by atoms with van der Waals surface area (Å²) >= 11 is 0. The molecular formula is C24H25N5O2. The van der Waals surface area contributed by atoms with Gasteiger partial charge in [-0.05, 0) is 54.3 Å². The smallest absolute Gasteiger partial charge is 0.227 e. The van der Waals surface area contributed by atoms with E-state index in [0.717, 1.165) is 60.7 Å². The highest BCUT2D eigenvalue weighted by molar-refractivity contribution is 5.73. The second-order valence-electron chi connectivity index (χ2n) is 7.89. The van der Waals surface area contributed by atoms with E-state index in [4.69, 9.17) is 9.72 Å². The molecule has 0 amide bonds. The number of hydrogen-bond donors (Lipinski definition) is 2. The first-order chi connectivity index (χ1) is 15.2. The molecule has 5 rings (SSSR count). The molecule has 1 aromatic heterocycles. The van der Waals surface area contributed by atoms with E-state index < -0.39 is 0 Å². The Hall–Kier alpha value is -3.61. The summed E-state index contributed by atoms with van der Waals surface area (Å²) in [7, 11) is 0. The van der Waals surface area contributed by atoms with E-state index >= 15 is 0 Å². The van der Waals surface area contributed by atoms with E-state index in [1.165, 1.54) is 16.8 Å². The summed E-state index contributed by atoms with van der Waals surface area (Å²) in [5.74, 6) is 1.51. The Labute approximate surface area is 181 Å². The van der Waals surface area contributed by atoms with Crippen LogP contribution in [0.2, 0.25) is 0 Å². The fraction of sp³-hybridized carbons (Fsp3) is 0.292. The normalized spacial score (nSPS) is 14.7. The van der Waals surface area contributed by atoms with Crippen molar-refractivity contribution in [1.29, 1.82) is 0 Å². The lowest BCUT2D eigenvalue weighted by Gasteiger charge is -2.33. The minimum atomic E-state index is 0.426. The minimum Gasteiger partial charge on any atom is -0.490 e. The number of carbonyl (C=O) groups excluding carboxylic acids is 1. The van der Waals surface area contributed by atoms with Crippen LogP contribution in [0.5, 0.6) is 5.75 Å². The van der Waals surface area contributed by atoms with Gasteiger partial charge >= 0.3 is 0 Å². The molecule has 0 unspecified atom stereocenters. The van der Waals surface area contributed by atoms with E-state index in [-0.39, 0.29) is 0 Å². The first-order valence-electron chi connectivity index (χ1n) is 10.6. The molecule has 0 aliphatic carbocycles. The molecule has 31 heavy (non-hydrogen) atoms. The lowest BCUT2D eigenvalue weighted by Crippen LogP contribution is -2.32. The Balaban J connectivity index is 1.35. The van der Waals surface area contributed by atoms with Crippen LogP contribution < -0.4 is 20.3 Å². The van der Waals surface area contributed by atoms with Crippen LogP contribution in [0.15, 0.2) is 42.6 Å². The first-order valence-corrected chi connectivity index (χ1v) is 10.6. The largest absolute Gasteiger partial charge is 0.490 e. The molecule has 3 aromatic rings. The monoisotopic (exact) mass is 415 g/mol. The van der Waals surface area contributed by atoms with Crippen LogP contribution in [0.1, 0.15) is 22.4 Å². The summed E-state index contributed by atoms with van der Waals surface area (Å²) in [6.45, 7) is 5.35. The van der Waals surface area contributed by atoms with Crippen LogP contribution in [-0.4, -0.2) is 36.0 Å². The molecule has 7 nitrogen and oxygen atoms in total. The summed E-state index contributed by atoms with van der Waals surface area (Å²) in [4.78, 5) is 22.3. The maximum absolute atomic E-state index is 10.7. The summed E-state index contributed by atoms with van der Waals surface area (Å²) in [5, 5.41) is 6.75. The number of carbonyl (C=O) groups is 1. The van der Waals surface area contributed by atoms with Crippen LogP contribution in [0.25, 0.3) is 0 Å². The van der Waals surface area contributed by atoms with Crippen LogP contribution in [0.4, 0.5) is 23.0 Å². The van der Waals surface area contributed by atoms with Crippen molar-refractivity contribution < 1.29 is 9.53 Å². The number of nitrogens with zero attached hydrogens (tertiary/aromatic N) is 3. The number of hydrogen-bond acceptors (Lipinski definition) is 7. The van der Waals surface area contributed by atoms with Gasteiger partial charge in [0.25, 0.3) is 0 Å². The molecule has 2 N–H and O–H groups in total. The molecule has 0 spiro atoms. The zero-order valence-corrected chi connectivity index (χ0v) is 17.5. The van der Waals surface area contributed by atoms with Crippen molar-refractivity contribution in [2.75, 3.05) is 35.2 Å². The van der Waals surface area contributed by atoms with Crippen LogP contribution >= 0.6 is 0 Å². The van der Waals surface area contributed by atoms with Gasteiger partial charge in [0.2, 0.25) is 5.95 Å². The zero-order valence-electron chi connectivity index (χ0n) is 17.5. The molecule has 7 heteroatoms. The second-order valence-corrected chi connectivity index (χ2v) is 7.89. The Bertz CT molecular complexity index is 1110. The molecule has 3 heterocycles. The first kappa shape index (κ1) is 19.4. The molecule has 0 bridgehead atoms. The van der Waals surface area contributed by atoms with Crippen molar-refractivity contribution in [2.45, 2.75) is 26.3 Å². The number of fused-ring (bicyclic) bond motifs is 2. The Morgan fingerprint density at radius 3 is 2.94 bits per heavy atom. The molecule has 158 valence electrons. The maximum atomic E-state index is 10.7. The third-order valence-corrected chi connectivity index (χ3v) is 5.88. The van der Waals surface area contributed by atoms with Gasteiger partial charge in [0.05, 0.1) is 17.9 Å². The SMILES string of the molecule is Cc1c(N2CCc3cnc(Nc4ccc(CC=O)cc4)nc3C2)ccc2c1NCCO2. The quantitative estimate of drug-likeness (QED) is 0.616. The van der Waals surface area contributed by atoms with Gasteiger partial charge in [0.1, 0.15) is 18.6 Å². The number of ether oxygens (including phenoxy) is 1. The van der Waals surface area contributed by atoms with Crippen LogP contribution in [0, 0.1) is 6.92 Å². The summed E-state index contributed by atoms with van der Waals surface area (Å²) in [6.07, 6.45) is 4.18. The van der Waals surface area contributed by atoms with Gasteiger partial charge in [0, 0.05) is 37.1 Å². The number of aromatic nitrogens is 2. The number of nitrogens with one attached hydrogen (secondary N) is 2. The van der Waals surface area contributed by atoms with Gasteiger partial charge in [0.15, 0.2) is 0 Å². The summed E-state index contributed by atoms with van der Waals surface area (Å²) in [6, 6.07) is 12.0. The minimum absolute atomic E-state index is 0.426. The van der Waals surface area contributed by atoms with E-state index in [1.54, 1.807) is 0 Å². The number of benzene rings is 2.